The highest BCUT2D eigenvalue weighted by Gasteiger charge is 2.29. The van der Waals surface area contributed by atoms with Crippen LogP contribution in [0.3, 0.4) is 0 Å². The van der Waals surface area contributed by atoms with E-state index in [1.807, 2.05) is 24.3 Å². The second kappa shape index (κ2) is 7.25. The predicted octanol–water partition coefficient (Wildman–Crippen LogP) is 3.46. The Morgan fingerprint density at radius 2 is 1.85 bits per heavy atom. The molecule has 0 spiro atoms. The molecule has 1 saturated heterocycles. The highest BCUT2D eigenvalue weighted by Crippen LogP contribution is 2.24. The number of rotatable bonds is 4. The second-order valence-electron chi connectivity index (χ2n) is 6.24. The first-order valence-corrected chi connectivity index (χ1v) is 11.0. The number of thiophene rings is 1. The van der Waals surface area contributed by atoms with Gasteiger partial charge in [-0.1, -0.05) is 35.9 Å². The van der Waals surface area contributed by atoms with Crippen molar-refractivity contribution >= 4 is 43.9 Å². The Morgan fingerprint density at radius 3 is 2.58 bits per heavy atom. The molecule has 0 bridgehead atoms. The maximum absolute atomic E-state index is 12.6. The molecule has 26 heavy (non-hydrogen) atoms. The Bertz CT molecular complexity index is 1010. The Balaban J connectivity index is 1.45. The van der Waals surface area contributed by atoms with Crippen LogP contribution in [0, 0.1) is 0 Å². The van der Waals surface area contributed by atoms with Crippen molar-refractivity contribution in [3.63, 3.8) is 0 Å². The average molecular weight is 408 g/mol. The van der Waals surface area contributed by atoms with Gasteiger partial charge in [-0.25, -0.2) is 13.4 Å². The molecule has 5 nitrogen and oxygen atoms in total. The fourth-order valence-electron chi connectivity index (χ4n) is 3.15. The maximum Gasteiger partial charge on any atom is 0.252 e. The lowest BCUT2D eigenvalue weighted by Crippen LogP contribution is -2.48. The molecule has 1 aliphatic heterocycles. The smallest absolute Gasteiger partial charge is 0.252 e. The second-order valence-corrected chi connectivity index (χ2v) is 9.71. The summed E-state index contributed by atoms with van der Waals surface area (Å²) >= 11 is 7.61. The molecule has 0 amide bonds. The number of halogens is 1. The van der Waals surface area contributed by atoms with Crippen molar-refractivity contribution in [1.29, 1.82) is 0 Å². The van der Waals surface area contributed by atoms with Crippen molar-refractivity contribution in [1.82, 2.24) is 14.2 Å². The van der Waals surface area contributed by atoms with Gasteiger partial charge in [0, 0.05) is 43.7 Å². The van der Waals surface area contributed by atoms with Gasteiger partial charge in [0.25, 0.3) is 10.0 Å². The first-order chi connectivity index (χ1) is 12.5. The Labute approximate surface area is 161 Å². The molecule has 8 heteroatoms. The lowest BCUT2D eigenvalue weighted by Gasteiger charge is -2.33. The van der Waals surface area contributed by atoms with Crippen LogP contribution in [-0.4, -0.2) is 48.8 Å². The molecule has 1 fully saturated rings. The van der Waals surface area contributed by atoms with E-state index in [0.29, 0.717) is 42.1 Å². The summed E-state index contributed by atoms with van der Waals surface area (Å²) in [6.07, 6.45) is 0. The quantitative estimate of drug-likeness (QED) is 0.621. The Kier molecular flexibility index (Phi) is 4.98. The van der Waals surface area contributed by atoms with E-state index in [0.717, 1.165) is 16.5 Å². The SMILES string of the molecule is O=S(=O)(c1cccs1)N1CCN(Cc2cc3ccccc3nc2Cl)CC1. The number of hydrogen-bond donors (Lipinski definition) is 0. The molecule has 0 N–H and O–H groups in total. The van der Waals surface area contributed by atoms with Crippen molar-refractivity contribution in [2.75, 3.05) is 26.2 Å². The number of sulfonamides is 1. The molecule has 0 unspecified atom stereocenters. The fourth-order valence-corrected chi connectivity index (χ4v) is 5.93. The molecular weight excluding hydrogens is 390 g/mol. The Morgan fingerprint density at radius 1 is 1.08 bits per heavy atom. The van der Waals surface area contributed by atoms with Gasteiger partial charge < -0.3 is 0 Å². The van der Waals surface area contributed by atoms with Crippen molar-refractivity contribution in [2.24, 2.45) is 0 Å². The summed E-state index contributed by atoms with van der Waals surface area (Å²) in [5.74, 6) is 0. The summed E-state index contributed by atoms with van der Waals surface area (Å²) < 4.78 is 27.2. The number of fused-ring (bicyclic) bond motifs is 1. The van der Waals surface area contributed by atoms with Gasteiger partial charge in [0.2, 0.25) is 0 Å². The number of pyridine rings is 1. The highest BCUT2D eigenvalue weighted by molar-refractivity contribution is 7.91. The molecule has 4 rings (SSSR count). The van der Waals surface area contributed by atoms with Crippen molar-refractivity contribution < 1.29 is 8.42 Å². The van der Waals surface area contributed by atoms with Crippen LogP contribution in [-0.2, 0) is 16.6 Å². The molecule has 1 aromatic carbocycles. The third-order valence-electron chi connectivity index (χ3n) is 4.56. The van der Waals surface area contributed by atoms with Crippen molar-refractivity contribution in [3.05, 3.63) is 58.6 Å². The molecule has 2 aromatic heterocycles. The summed E-state index contributed by atoms with van der Waals surface area (Å²) in [4.78, 5) is 6.68. The van der Waals surface area contributed by atoms with Crippen LogP contribution in [0.5, 0.6) is 0 Å². The summed E-state index contributed by atoms with van der Waals surface area (Å²) in [7, 11) is -3.37. The zero-order valence-electron chi connectivity index (χ0n) is 14.0. The molecule has 3 aromatic rings. The van der Waals surface area contributed by atoms with E-state index >= 15 is 0 Å². The van der Waals surface area contributed by atoms with Gasteiger partial charge in [-0.05, 0) is 23.6 Å². The van der Waals surface area contributed by atoms with Gasteiger partial charge in [-0.15, -0.1) is 11.3 Å². The van der Waals surface area contributed by atoms with Gasteiger partial charge in [0.1, 0.15) is 9.36 Å². The van der Waals surface area contributed by atoms with E-state index in [2.05, 4.69) is 16.0 Å². The van der Waals surface area contributed by atoms with E-state index in [-0.39, 0.29) is 0 Å². The van der Waals surface area contributed by atoms with E-state index < -0.39 is 10.0 Å². The standard InChI is InChI=1S/C18H18ClN3O2S2/c19-18-15(12-14-4-1-2-5-16(14)20-18)13-21-7-9-22(10-8-21)26(23,24)17-6-3-11-25-17/h1-6,11-12H,7-10,13H2. The zero-order chi connectivity index (χ0) is 18.1. The number of benzene rings is 1. The third-order valence-corrected chi connectivity index (χ3v) is 8.16. The summed E-state index contributed by atoms with van der Waals surface area (Å²) in [5.41, 5.74) is 1.85. The molecule has 0 radical (unpaired) electrons. The minimum Gasteiger partial charge on any atom is -0.296 e. The van der Waals surface area contributed by atoms with E-state index in [4.69, 9.17) is 11.6 Å². The fraction of sp³-hybridized carbons (Fsp3) is 0.278. The van der Waals surface area contributed by atoms with Crippen molar-refractivity contribution in [3.8, 4) is 0 Å². The number of hydrogen-bond acceptors (Lipinski definition) is 5. The topological polar surface area (TPSA) is 53.5 Å². The summed E-state index contributed by atoms with van der Waals surface area (Å²) in [6, 6.07) is 13.4. The van der Waals surface area contributed by atoms with E-state index in [9.17, 15) is 8.42 Å². The lowest BCUT2D eigenvalue weighted by atomic mass is 10.1. The number of nitrogens with zero attached hydrogens (tertiary/aromatic N) is 3. The largest absolute Gasteiger partial charge is 0.296 e. The van der Waals surface area contributed by atoms with Gasteiger partial charge in [-0.3, -0.25) is 4.90 Å². The maximum atomic E-state index is 12.6. The minimum atomic E-state index is -3.37. The summed E-state index contributed by atoms with van der Waals surface area (Å²) in [6.45, 7) is 2.99. The monoisotopic (exact) mass is 407 g/mol. The molecule has 0 atom stereocenters. The first-order valence-electron chi connectivity index (χ1n) is 8.34. The van der Waals surface area contributed by atoms with Crippen LogP contribution >= 0.6 is 22.9 Å². The minimum absolute atomic E-state index is 0.410. The molecule has 0 aliphatic carbocycles. The molecule has 0 saturated carbocycles. The summed E-state index contributed by atoms with van der Waals surface area (Å²) in [5, 5.41) is 3.36. The number of aromatic nitrogens is 1. The number of para-hydroxylation sites is 1. The van der Waals surface area contributed by atoms with E-state index in [1.165, 1.54) is 11.3 Å². The van der Waals surface area contributed by atoms with Crippen LogP contribution in [0.2, 0.25) is 5.15 Å². The number of piperazine rings is 1. The van der Waals surface area contributed by atoms with Crippen LogP contribution in [0.15, 0.2) is 52.1 Å². The molecule has 3 heterocycles. The predicted molar refractivity (Wildman–Crippen MR) is 105 cm³/mol. The molecule has 136 valence electrons. The molecule has 1 aliphatic rings. The molecular formula is C18H18ClN3O2S2. The van der Waals surface area contributed by atoms with Gasteiger partial charge in [0.15, 0.2) is 0 Å². The van der Waals surface area contributed by atoms with Gasteiger partial charge >= 0.3 is 0 Å². The normalized spacial score (nSPS) is 17.0. The van der Waals surface area contributed by atoms with Crippen LogP contribution < -0.4 is 0 Å². The zero-order valence-corrected chi connectivity index (χ0v) is 16.4. The van der Waals surface area contributed by atoms with Crippen LogP contribution in [0.1, 0.15) is 5.56 Å². The van der Waals surface area contributed by atoms with E-state index in [1.54, 1.807) is 21.8 Å². The first kappa shape index (κ1) is 17.9. The Hall–Kier alpha value is -1.51. The third kappa shape index (κ3) is 3.50. The average Bonchev–Trinajstić information content (AvgIpc) is 3.18. The van der Waals surface area contributed by atoms with Crippen molar-refractivity contribution in [2.45, 2.75) is 10.8 Å². The van der Waals surface area contributed by atoms with Gasteiger partial charge in [-0.2, -0.15) is 4.31 Å². The van der Waals surface area contributed by atoms with Crippen LogP contribution in [0.25, 0.3) is 10.9 Å². The van der Waals surface area contributed by atoms with Gasteiger partial charge in [0.05, 0.1) is 5.52 Å². The van der Waals surface area contributed by atoms with Crippen LogP contribution in [0.4, 0.5) is 0 Å². The highest BCUT2D eigenvalue weighted by atomic mass is 35.5. The lowest BCUT2D eigenvalue weighted by molar-refractivity contribution is 0.181.